The van der Waals surface area contributed by atoms with Crippen molar-refractivity contribution in [3.05, 3.63) is 59.0 Å². The van der Waals surface area contributed by atoms with E-state index < -0.39 is 0 Å². The lowest BCUT2D eigenvalue weighted by Gasteiger charge is -2.28. The SMILES string of the molecule is C=C1C(Cl)=CC=C(c2c(F)cccc2OCSC)N1C. The molecule has 1 aromatic carbocycles. The highest BCUT2D eigenvalue weighted by Gasteiger charge is 2.22. The van der Waals surface area contributed by atoms with Crippen LogP contribution in [-0.4, -0.2) is 24.1 Å². The van der Waals surface area contributed by atoms with Crippen molar-refractivity contribution in [1.29, 1.82) is 0 Å². The summed E-state index contributed by atoms with van der Waals surface area (Å²) in [5.41, 5.74) is 1.72. The highest BCUT2D eigenvalue weighted by molar-refractivity contribution is 7.98. The molecule has 0 fully saturated rings. The molecule has 20 heavy (non-hydrogen) atoms. The highest BCUT2D eigenvalue weighted by Crippen LogP contribution is 2.36. The van der Waals surface area contributed by atoms with Gasteiger partial charge in [0.15, 0.2) is 0 Å². The van der Waals surface area contributed by atoms with E-state index in [9.17, 15) is 4.39 Å². The molecule has 1 heterocycles. The predicted molar refractivity (Wildman–Crippen MR) is 84.2 cm³/mol. The Kier molecular flexibility index (Phi) is 4.78. The summed E-state index contributed by atoms with van der Waals surface area (Å²) in [6.45, 7) is 3.89. The Balaban J connectivity index is 2.49. The first-order chi connectivity index (χ1) is 9.56. The first-order valence-corrected chi connectivity index (χ1v) is 7.74. The minimum Gasteiger partial charge on any atom is -0.482 e. The molecular formula is C15H15ClFNOS. The summed E-state index contributed by atoms with van der Waals surface area (Å²) >= 11 is 7.56. The lowest BCUT2D eigenvalue weighted by Crippen LogP contribution is -2.19. The summed E-state index contributed by atoms with van der Waals surface area (Å²) in [5.74, 6) is 0.642. The quantitative estimate of drug-likeness (QED) is 0.762. The van der Waals surface area contributed by atoms with Crippen LogP contribution in [0.2, 0.25) is 0 Å². The molecule has 5 heteroatoms. The van der Waals surface area contributed by atoms with E-state index >= 15 is 0 Å². The number of hydrogen-bond acceptors (Lipinski definition) is 3. The smallest absolute Gasteiger partial charge is 0.136 e. The van der Waals surface area contributed by atoms with E-state index in [2.05, 4.69) is 6.58 Å². The van der Waals surface area contributed by atoms with Crippen molar-refractivity contribution in [1.82, 2.24) is 4.90 Å². The minimum atomic E-state index is -0.332. The second-order valence-electron chi connectivity index (χ2n) is 4.24. The molecule has 1 aliphatic heterocycles. The van der Waals surface area contributed by atoms with Crippen molar-refractivity contribution in [3.63, 3.8) is 0 Å². The van der Waals surface area contributed by atoms with Crippen molar-refractivity contribution in [2.45, 2.75) is 0 Å². The van der Waals surface area contributed by atoms with Crippen molar-refractivity contribution in [2.75, 3.05) is 19.2 Å². The lowest BCUT2D eigenvalue weighted by molar-refractivity contribution is 0.387. The van der Waals surface area contributed by atoms with E-state index in [0.29, 0.717) is 33.7 Å². The van der Waals surface area contributed by atoms with Crippen molar-refractivity contribution >= 4 is 29.1 Å². The predicted octanol–water partition coefficient (Wildman–Crippen LogP) is 4.45. The van der Waals surface area contributed by atoms with Gasteiger partial charge in [-0.15, -0.1) is 11.8 Å². The molecule has 0 saturated heterocycles. The third-order valence-corrected chi connectivity index (χ3v) is 3.69. The Hall–Kier alpha value is -1.39. The second kappa shape index (κ2) is 6.37. The van der Waals surface area contributed by atoms with Gasteiger partial charge < -0.3 is 9.64 Å². The lowest BCUT2D eigenvalue weighted by atomic mass is 10.1. The molecule has 0 radical (unpaired) electrons. The molecule has 0 N–H and O–H groups in total. The number of allylic oxidation sites excluding steroid dienone is 3. The molecule has 0 aliphatic carbocycles. The van der Waals surface area contributed by atoms with Gasteiger partial charge in [0, 0.05) is 7.05 Å². The van der Waals surface area contributed by atoms with E-state index in [1.807, 2.05) is 6.26 Å². The molecule has 0 saturated carbocycles. The molecule has 0 unspecified atom stereocenters. The van der Waals surface area contributed by atoms with Crippen LogP contribution in [0, 0.1) is 5.82 Å². The Morgan fingerprint density at radius 2 is 2.15 bits per heavy atom. The monoisotopic (exact) mass is 311 g/mol. The van der Waals surface area contributed by atoms with Gasteiger partial charge in [0.2, 0.25) is 0 Å². The molecule has 1 aromatic rings. The molecular weight excluding hydrogens is 297 g/mol. The average molecular weight is 312 g/mol. The van der Waals surface area contributed by atoms with Crippen LogP contribution < -0.4 is 4.74 Å². The first-order valence-electron chi connectivity index (χ1n) is 5.97. The minimum absolute atomic E-state index is 0.332. The molecule has 0 bridgehead atoms. The normalized spacial score (nSPS) is 15.0. The first kappa shape index (κ1) is 15.0. The second-order valence-corrected chi connectivity index (χ2v) is 5.46. The zero-order valence-corrected chi connectivity index (χ0v) is 12.9. The summed E-state index contributed by atoms with van der Waals surface area (Å²) in [4.78, 5) is 1.76. The van der Waals surface area contributed by atoms with Gasteiger partial charge in [0.1, 0.15) is 17.5 Å². The van der Waals surface area contributed by atoms with Crippen LogP contribution in [0.3, 0.4) is 0 Å². The Morgan fingerprint density at radius 3 is 2.85 bits per heavy atom. The number of benzene rings is 1. The summed E-state index contributed by atoms with van der Waals surface area (Å²) in [7, 11) is 1.80. The summed E-state index contributed by atoms with van der Waals surface area (Å²) in [5, 5.41) is 0.541. The molecule has 0 atom stereocenters. The zero-order chi connectivity index (χ0) is 14.7. The number of halogens is 2. The summed E-state index contributed by atoms with van der Waals surface area (Å²) < 4.78 is 19.8. The van der Waals surface area contributed by atoms with Crippen molar-refractivity contribution in [3.8, 4) is 5.75 Å². The van der Waals surface area contributed by atoms with Gasteiger partial charge in [-0.3, -0.25) is 0 Å². The average Bonchev–Trinajstić information content (AvgIpc) is 2.44. The molecule has 2 rings (SSSR count). The number of hydrogen-bond donors (Lipinski definition) is 0. The topological polar surface area (TPSA) is 12.5 Å². The molecule has 2 nitrogen and oxygen atoms in total. The van der Waals surface area contributed by atoms with Gasteiger partial charge in [-0.1, -0.05) is 24.2 Å². The van der Waals surface area contributed by atoms with Crippen LogP contribution in [0.1, 0.15) is 5.56 Å². The van der Waals surface area contributed by atoms with Crippen LogP contribution in [-0.2, 0) is 0 Å². The maximum absolute atomic E-state index is 14.2. The fourth-order valence-corrected chi connectivity index (χ4v) is 2.35. The summed E-state index contributed by atoms with van der Waals surface area (Å²) in [6, 6.07) is 4.81. The van der Waals surface area contributed by atoms with Crippen molar-refractivity contribution < 1.29 is 9.13 Å². The van der Waals surface area contributed by atoms with Gasteiger partial charge in [-0.25, -0.2) is 4.39 Å². The van der Waals surface area contributed by atoms with Crippen molar-refractivity contribution in [2.24, 2.45) is 0 Å². The number of nitrogens with zero attached hydrogens (tertiary/aromatic N) is 1. The van der Waals surface area contributed by atoms with Gasteiger partial charge in [-0.2, -0.15) is 0 Å². The van der Waals surface area contributed by atoms with E-state index in [1.54, 1.807) is 36.2 Å². The molecule has 106 valence electrons. The third-order valence-electron chi connectivity index (χ3n) is 2.99. The van der Waals surface area contributed by atoms with Crippen LogP contribution in [0.15, 0.2) is 47.7 Å². The molecule has 1 aliphatic rings. The van der Waals surface area contributed by atoms with Crippen LogP contribution in [0.4, 0.5) is 4.39 Å². The maximum Gasteiger partial charge on any atom is 0.136 e. The van der Waals surface area contributed by atoms with Crippen LogP contribution in [0.25, 0.3) is 5.70 Å². The summed E-state index contributed by atoms with van der Waals surface area (Å²) in [6.07, 6.45) is 5.40. The van der Waals surface area contributed by atoms with Gasteiger partial charge >= 0.3 is 0 Å². The van der Waals surface area contributed by atoms with E-state index in [1.165, 1.54) is 17.8 Å². The van der Waals surface area contributed by atoms with E-state index in [0.717, 1.165) is 0 Å². The third kappa shape index (κ3) is 2.86. The highest BCUT2D eigenvalue weighted by atomic mass is 35.5. The number of likely N-dealkylation sites (N-methyl/N-ethyl adjacent to an activating group) is 1. The molecule has 0 spiro atoms. The Labute approximate surface area is 127 Å². The van der Waals surface area contributed by atoms with Crippen LogP contribution >= 0.6 is 23.4 Å². The number of ether oxygens (including phenoxy) is 1. The van der Waals surface area contributed by atoms with E-state index in [4.69, 9.17) is 16.3 Å². The Bertz CT molecular complexity index is 598. The largest absolute Gasteiger partial charge is 0.482 e. The number of rotatable bonds is 4. The van der Waals surface area contributed by atoms with E-state index in [-0.39, 0.29) is 5.82 Å². The Morgan fingerprint density at radius 1 is 1.40 bits per heavy atom. The van der Waals surface area contributed by atoms with Crippen LogP contribution in [0.5, 0.6) is 5.75 Å². The molecule has 0 amide bonds. The fraction of sp³-hybridized carbons (Fsp3) is 0.200. The maximum atomic E-state index is 14.2. The van der Waals surface area contributed by atoms with Gasteiger partial charge in [0.05, 0.1) is 22.0 Å². The number of thioether (sulfide) groups is 1. The molecule has 0 aromatic heterocycles. The standard InChI is InChI=1S/C15H15ClFNOS/c1-10-11(16)7-8-13(18(10)2)15-12(17)5-4-6-14(15)19-9-20-3/h4-8H,1,9H2,2-3H3. The fourth-order valence-electron chi connectivity index (χ4n) is 1.91. The van der Waals surface area contributed by atoms with Gasteiger partial charge in [-0.05, 0) is 30.5 Å². The van der Waals surface area contributed by atoms with Gasteiger partial charge in [0.25, 0.3) is 0 Å². The zero-order valence-electron chi connectivity index (χ0n) is 11.3.